The molecule has 1 unspecified atom stereocenters. The zero-order valence-electron chi connectivity index (χ0n) is 13.7. The molecule has 4 nitrogen and oxygen atoms in total. The predicted octanol–water partition coefficient (Wildman–Crippen LogP) is 4.77. The molecular weight excluding hydrogens is 327 g/mol. The summed E-state index contributed by atoms with van der Waals surface area (Å²) < 4.78 is 15.1. The molecule has 1 aromatic carbocycles. The van der Waals surface area contributed by atoms with Gasteiger partial charge < -0.3 is 0 Å². The molecule has 2 aromatic heterocycles. The van der Waals surface area contributed by atoms with Gasteiger partial charge in [0.1, 0.15) is 11.0 Å². The van der Waals surface area contributed by atoms with Gasteiger partial charge in [-0.25, -0.2) is 9.37 Å². The Morgan fingerprint density at radius 3 is 2.42 bits per heavy atom. The highest BCUT2D eigenvalue weighted by atomic mass is 35.5. The minimum Gasteiger partial charge on any atom is -0.264 e. The summed E-state index contributed by atoms with van der Waals surface area (Å²) in [6, 6.07) is 6.50. The van der Waals surface area contributed by atoms with Crippen molar-refractivity contribution in [2.45, 2.75) is 26.8 Å². The van der Waals surface area contributed by atoms with Crippen molar-refractivity contribution in [3.05, 3.63) is 65.6 Å². The SMILES string of the molecule is CC(C)(C)C(c1ccc(F)cc1)n1cc(-c2cncc(Cl)n2)cn1. The van der Waals surface area contributed by atoms with Crippen LogP contribution < -0.4 is 0 Å². The van der Waals surface area contributed by atoms with Gasteiger partial charge in [0.2, 0.25) is 0 Å². The molecule has 124 valence electrons. The monoisotopic (exact) mass is 344 g/mol. The molecule has 3 aromatic rings. The highest BCUT2D eigenvalue weighted by Crippen LogP contribution is 2.36. The number of aromatic nitrogens is 4. The molecule has 0 amide bonds. The summed E-state index contributed by atoms with van der Waals surface area (Å²) in [5.41, 5.74) is 2.39. The first-order valence-corrected chi connectivity index (χ1v) is 8.00. The molecule has 6 heteroatoms. The smallest absolute Gasteiger partial charge is 0.148 e. The second-order valence-electron chi connectivity index (χ2n) is 6.76. The third-order valence-corrected chi connectivity index (χ3v) is 3.96. The van der Waals surface area contributed by atoms with Crippen LogP contribution in [0.2, 0.25) is 5.15 Å². The Bertz CT molecular complexity index is 837. The molecule has 0 aliphatic heterocycles. The van der Waals surface area contributed by atoms with Crippen LogP contribution in [0, 0.1) is 11.2 Å². The lowest BCUT2D eigenvalue weighted by atomic mass is 9.82. The van der Waals surface area contributed by atoms with E-state index < -0.39 is 0 Å². The van der Waals surface area contributed by atoms with E-state index in [2.05, 4.69) is 35.8 Å². The van der Waals surface area contributed by atoms with Crippen molar-refractivity contribution in [1.82, 2.24) is 19.7 Å². The topological polar surface area (TPSA) is 43.6 Å². The molecule has 3 rings (SSSR count). The van der Waals surface area contributed by atoms with Crippen molar-refractivity contribution in [2.75, 3.05) is 0 Å². The van der Waals surface area contributed by atoms with E-state index in [1.165, 1.54) is 18.3 Å². The summed E-state index contributed by atoms with van der Waals surface area (Å²) in [6.07, 6.45) is 6.80. The van der Waals surface area contributed by atoms with E-state index in [4.69, 9.17) is 11.6 Å². The van der Waals surface area contributed by atoms with E-state index in [9.17, 15) is 4.39 Å². The van der Waals surface area contributed by atoms with Gasteiger partial charge in [0.15, 0.2) is 0 Å². The van der Waals surface area contributed by atoms with Crippen molar-refractivity contribution in [2.24, 2.45) is 5.41 Å². The largest absolute Gasteiger partial charge is 0.264 e. The third kappa shape index (κ3) is 3.46. The molecule has 0 aliphatic carbocycles. The van der Waals surface area contributed by atoms with E-state index in [0.717, 1.165) is 11.1 Å². The minimum absolute atomic E-state index is 0.0426. The highest BCUT2D eigenvalue weighted by Gasteiger charge is 2.29. The van der Waals surface area contributed by atoms with Gasteiger partial charge in [-0.1, -0.05) is 44.5 Å². The Labute approximate surface area is 145 Å². The summed E-state index contributed by atoms with van der Waals surface area (Å²) in [6.45, 7) is 6.38. The first kappa shape index (κ1) is 16.6. The van der Waals surface area contributed by atoms with Crippen LogP contribution in [0.15, 0.2) is 49.1 Å². The molecule has 0 radical (unpaired) electrons. The molecule has 24 heavy (non-hydrogen) atoms. The zero-order chi connectivity index (χ0) is 17.3. The maximum Gasteiger partial charge on any atom is 0.148 e. The van der Waals surface area contributed by atoms with Crippen molar-refractivity contribution in [3.63, 3.8) is 0 Å². The standard InChI is InChI=1S/C18H18ClFN4/c1-18(2,3)17(12-4-6-14(20)7-5-12)24-11-13(8-22-24)15-9-21-10-16(19)23-15/h4-11,17H,1-3H3. The van der Waals surface area contributed by atoms with Crippen LogP contribution in [0.5, 0.6) is 0 Å². The molecule has 0 N–H and O–H groups in total. The molecule has 0 saturated carbocycles. The van der Waals surface area contributed by atoms with Gasteiger partial charge in [0.25, 0.3) is 0 Å². The predicted molar refractivity (Wildman–Crippen MR) is 92.3 cm³/mol. The van der Waals surface area contributed by atoms with E-state index in [1.54, 1.807) is 24.5 Å². The van der Waals surface area contributed by atoms with Crippen molar-refractivity contribution in [1.29, 1.82) is 0 Å². The summed E-state index contributed by atoms with van der Waals surface area (Å²) in [4.78, 5) is 8.32. The fourth-order valence-electron chi connectivity index (χ4n) is 2.79. The Kier molecular flexibility index (Phi) is 4.37. The molecule has 0 saturated heterocycles. The highest BCUT2D eigenvalue weighted by molar-refractivity contribution is 6.29. The van der Waals surface area contributed by atoms with Crippen LogP contribution in [-0.2, 0) is 0 Å². The fourth-order valence-corrected chi connectivity index (χ4v) is 2.93. The Morgan fingerprint density at radius 2 is 1.79 bits per heavy atom. The number of rotatable bonds is 3. The summed E-state index contributed by atoms with van der Waals surface area (Å²) in [7, 11) is 0. The van der Waals surface area contributed by atoms with E-state index in [0.29, 0.717) is 10.8 Å². The summed E-state index contributed by atoms with van der Waals surface area (Å²) in [5, 5.41) is 4.84. The van der Waals surface area contributed by atoms with Crippen LogP contribution in [-0.4, -0.2) is 19.7 Å². The Balaban J connectivity index is 2.02. The van der Waals surface area contributed by atoms with Gasteiger partial charge in [0.05, 0.1) is 30.3 Å². The molecule has 0 fully saturated rings. The molecular formula is C18H18ClFN4. The zero-order valence-corrected chi connectivity index (χ0v) is 14.5. The normalized spacial score (nSPS) is 13.0. The number of halogens is 2. The lowest BCUT2D eigenvalue weighted by molar-refractivity contribution is 0.265. The fraction of sp³-hybridized carbons (Fsp3) is 0.278. The molecule has 0 bridgehead atoms. The molecule has 2 heterocycles. The maximum absolute atomic E-state index is 13.3. The van der Waals surface area contributed by atoms with Crippen LogP contribution in [0.25, 0.3) is 11.3 Å². The lowest BCUT2D eigenvalue weighted by Gasteiger charge is -2.31. The Morgan fingerprint density at radius 1 is 1.08 bits per heavy atom. The minimum atomic E-state index is -0.248. The number of nitrogens with zero attached hydrogens (tertiary/aromatic N) is 4. The van der Waals surface area contributed by atoms with Crippen molar-refractivity contribution >= 4 is 11.6 Å². The average molecular weight is 345 g/mol. The van der Waals surface area contributed by atoms with Crippen LogP contribution in [0.3, 0.4) is 0 Å². The van der Waals surface area contributed by atoms with Gasteiger partial charge >= 0.3 is 0 Å². The maximum atomic E-state index is 13.3. The molecule has 0 spiro atoms. The summed E-state index contributed by atoms with van der Waals surface area (Å²) >= 11 is 5.91. The quantitative estimate of drug-likeness (QED) is 0.687. The lowest BCUT2D eigenvalue weighted by Crippen LogP contribution is -2.26. The van der Waals surface area contributed by atoms with E-state index in [1.807, 2.05) is 10.9 Å². The molecule has 0 aliphatic rings. The van der Waals surface area contributed by atoms with Crippen molar-refractivity contribution < 1.29 is 4.39 Å². The van der Waals surface area contributed by atoms with E-state index >= 15 is 0 Å². The van der Waals surface area contributed by atoms with Gasteiger partial charge in [-0.05, 0) is 23.1 Å². The van der Waals surface area contributed by atoms with E-state index in [-0.39, 0.29) is 17.3 Å². The van der Waals surface area contributed by atoms with Gasteiger partial charge in [0, 0.05) is 11.8 Å². The average Bonchev–Trinajstić information content (AvgIpc) is 2.97. The van der Waals surface area contributed by atoms with Crippen LogP contribution in [0.4, 0.5) is 4.39 Å². The van der Waals surface area contributed by atoms with Gasteiger partial charge in [-0.15, -0.1) is 0 Å². The number of hydrogen-bond acceptors (Lipinski definition) is 3. The van der Waals surface area contributed by atoms with Gasteiger partial charge in [-0.3, -0.25) is 9.67 Å². The van der Waals surface area contributed by atoms with Crippen LogP contribution in [0.1, 0.15) is 32.4 Å². The number of benzene rings is 1. The number of hydrogen-bond donors (Lipinski definition) is 0. The second-order valence-corrected chi connectivity index (χ2v) is 7.14. The summed E-state index contributed by atoms with van der Waals surface area (Å²) in [5.74, 6) is -0.248. The van der Waals surface area contributed by atoms with Crippen LogP contribution >= 0.6 is 11.6 Å². The first-order chi connectivity index (χ1) is 11.3. The first-order valence-electron chi connectivity index (χ1n) is 7.62. The molecule has 1 atom stereocenters. The van der Waals surface area contributed by atoms with Gasteiger partial charge in [-0.2, -0.15) is 5.10 Å². The third-order valence-electron chi connectivity index (χ3n) is 3.77. The van der Waals surface area contributed by atoms with Crippen molar-refractivity contribution in [3.8, 4) is 11.3 Å². The second kappa shape index (κ2) is 6.32. The Hall–Kier alpha value is -2.27.